The molecule has 0 heterocycles. The highest BCUT2D eigenvalue weighted by Gasteiger charge is 2.29. The van der Waals surface area contributed by atoms with Crippen LogP contribution in [0.1, 0.15) is 82.6 Å². The molecular formula is C22H32O3. The van der Waals surface area contributed by atoms with E-state index in [4.69, 9.17) is 9.47 Å². The van der Waals surface area contributed by atoms with Crippen LogP contribution in [0.15, 0.2) is 24.3 Å². The molecule has 3 nitrogen and oxygen atoms in total. The molecular weight excluding hydrogens is 312 g/mol. The second-order valence-electron chi connectivity index (χ2n) is 7.70. The second-order valence-corrected chi connectivity index (χ2v) is 7.70. The van der Waals surface area contributed by atoms with Crippen molar-refractivity contribution in [3.8, 4) is 5.75 Å². The van der Waals surface area contributed by atoms with Crippen molar-refractivity contribution in [1.29, 1.82) is 0 Å². The number of ether oxygens (including phenoxy) is 2. The van der Waals surface area contributed by atoms with Crippen molar-refractivity contribution >= 4 is 5.97 Å². The Labute approximate surface area is 152 Å². The van der Waals surface area contributed by atoms with Crippen LogP contribution in [0.3, 0.4) is 0 Å². The zero-order valence-electron chi connectivity index (χ0n) is 15.5. The van der Waals surface area contributed by atoms with Crippen LogP contribution in [0.5, 0.6) is 5.75 Å². The molecule has 0 aromatic heterocycles. The van der Waals surface area contributed by atoms with Gasteiger partial charge in [-0.05, 0) is 62.1 Å². The summed E-state index contributed by atoms with van der Waals surface area (Å²) < 4.78 is 11.7. The first-order valence-corrected chi connectivity index (χ1v) is 10.2. The number of hydrogen-bond donors (Lipinski definition) is 0. The molecule has 3 rings (SSSR count). The Bertz CT molecular complexity index is 533. The Morgan fingerprint density at radius 2 is 1.80 bits per heavy atom. The van der Waals surface area contributed by atoms with E-state index in [-0.39, 0.29) is 12.1 Å². The van der Waals surface area contributed by atoms with Gasteiger partial charge in [0.1, 0.15) is 11.9 Å². The molecule has 2 aliphatic carbocycles. The van der Waals surface area contributed by atoms with E-state index in [1.54, 1.807) is 0 Å². The zero-order valence-corrected chi connectivity index (χ0v) is 15.5. The van der Waals surface area contributed by atoms with Gasteiger partial charge in [0.05, 0.1) is 6.61 Å². The van der Waals surface area contributed by atoms with Gasteiger partial charge >= 0.3 is 5.97 Å². The first-order chi connectivity index (χ1) is 12.3. The van der Waals surface area contributed by atoms with Crippen molar-refractivity contribution in [3.63, 3.8) is 0 Å². The first kappa shape index (κ1) is 18.3. The fourth-order valence-corrected chi connectivity index (χ4v) is 3.68. The third-order valence-electron chi connectivity index (χ3n) is 5.46. The summed E-state index contributed by atoms with van der Waals surface area (Å²) in [5, 5.41) is 0. The van der Waals surface area contributed by atoms with Gasteiger partial charge in [0, 0.05) is 12.3 Å². The molecule has 0 aliphatic heterocycles. The second kappa shape index (κ2) is 9.26. The fraction of sp³-hybridized carbons (Fsp3) is 0.682. The molecule has 0 spiro atoms. The summed E-state index contributed by atoms with van der Waals surface area (Å²) in [5.74, 6) is 2.05. The summed E-state index contributed by atoms with van der Waals surface area (Å²) >= 11 is 0. The van der Waals surface area contributed by atoms with Crippen LogP contribution in [0.25, 0.3) is 0 Å². The van der Waals surface area contributed by atoms with Gasteiger partial charge < -0.3 is 9.47 Å². The van der Waals surface area contributed by atoms with E-state index < -0.39 is 0 Å². The van der Waals surface area contributed by atoms with Crippen LogP contribution < -0.4 is 4.74 Å². The zero-order chi connectivity index (χ0) is 17.5. The molecule has 2 aliphatic rings. The van der Waals surface area contributed by atoms with Crippen molar-refractivity contribution < 1.29 is 14.3 Å². The van der Waals surface area contributed by atoms with E-state index >= 15 is 0 Å². The van der Waals surface area contributed by atoms with Crippen LogP contribution >= 0.6 is 0 Å². The normalized spacial score (nSPS) is 23.2. The van der Waals surface area contributed by atoms with Gasteiger partial charge in [-0.2, -0.15) is 0 Å². The molecule has 3 heteroatoms. The van der Waals surface area contributed by atoms with Crippen molar-refractivity contribution in [3.05, 3.63) is 29.8 Å². The maximum Gasteiger partial charge on any atom is 0.306 e. The molecule has 2 saturated carbocycles. The molecule has 0 N–H and O–H groups in total. The van der Waals surface area contributed by atoms with E-state index in [9.17, 15) is 4.79 Å². The van der Waals surface area contributed by atoms with Gasteiger partial charge in [-0.1, -0.05) is 38.3 Å². The number of unbranched alkanes of at least 4 members (excludes halogenated alkanes) is 2. The number of carbonyl (C=O) groups excluding carboxylic acids is 1. The van der Waals surface area contributed by atoms with Gasteiger partial charge in [-0.15, -0.1) is 0 Å². The van der Waals surface area contributed by atoms with Crippen molar-refractivity contribution in [2.45, 2.75) is 83.2 Å². The quantitative estimate of drug-likeness (QED) is 0.430. The Balaban J connectivity index is 1.54. The first-order valence-electron chi connectivity index (χ1n) is 10.2. The van der Waals surface area contributed by atoms with Crippen LogP contribution in [0, 0.1) is 5.92 Å². The highest BCUT2D eigenvalue weighted by atomic mass is 16.5. The third kappa shape index (κ3) is 5.76. The minimum Gasteiger partial charge on any atom is -0.493 e. The SMILES string of the molecule is CCCCCC(=O)OC1CCCCC1c1ccc(OCC2CC2)cc1. The Hall–Kier alpha value is -1.51. The predicted molar refractivity (Wildman–Crippen MR) is 99.9 cm³/mol. The number of rotatable bonds is 9. The number of benzene rings is 1. The number of hydrogen-bond acceptors (Lipinski definition) is 3. The van der Waals surface area contributed by atoms with Gasteiger partial charge in [-0.25, -0.2) is 0 Å². The average molecular weight is 344 g/mol. The van der Waals surface area contributed by atoms with E-state index in [2.05, 4.69) is 31.2 Å². The van der Waals surface area contributed by atoms with E-state index in [1.807, 2.05) is 0 Å². The van der Waals surface area contributed by atoms with Gasteiger partial charge in [-0.3, -0.25) is 4.79 Å². The van der Waals surface area contributed by atoms with Gasteiger partial charge in [0.15, 0.2) is 0 Å². The van der Waals surface area contributed by atoms with Crippen molar-refractivity contribution in [2.75, 3.05) is 6.61 Å². The van der Waals surface area contributed by atoms with Gasteiger partial charge in [0.2, 0.25) is 0 Å². The van der Waals surface area contributed by atoms with E-state index in [1.165, 1.54) is 24.8 Å². The number of carbonyl (C=O) groups is 1. The Morgan fingerprint density at radius 1 is 1.04 bits per heavy atom. The lowest BCUT2D eigenvalue weighted by atomic mass is 9.81. The summed E-state index contributed by atoms with van der Waals surface area (Å²) in [6, 6.07) is 8.48. The molecule has 0 radical (unpaired) electrons. The van der Waals surface area contributed by atoms with E-state index in [0.29, 0.717) is 12.3 Å². The van der Waals surface area contributed by atoms with Crippen LogP contribution in [-0.4, -0.2) is 18.7 Å². The van der Waals surface area contributed by atoms with Crippen LogP contribution in [-0.2, 0) is 9.53 Å². The smallest absolute Gasteiger partial charge is 0.306 e. The largest absolute Gasteiger partial charge is 0.493 e. The average Bonchev–Trinajstić information content (AvgIpc) is 3.46. The lowest BCUT2D eigenvalue weighted by Crippen LogP contribution is -2.28. The topological polar surface area (TPSA) is 35.5 Å². The molecule has 1 aromatic rings. The maximum absolute atomic E-state index is 12.1. The monoisotopic (exact) mass is 344 g/mol. The molecule has 2 unspecified atom stereocenters. The maximum atomic E-state index is 12.1. The molecule has 0 amide bonds. The number of esters is 1. The van der Waals surface area contributed by atoms with Gasteiger partial charge in [0.25, 0.3) is 0 Å². The minimum absolute atomic E-state index is 0.0188. The highest BCUT2D eigenvalue weighted by molar-refractivity contribution is 5.69. The van der Waals surface area contributed by atoms with Crippen molar-refractivity contribution in [2.24, 2.45) is 5.92 Å². The van der Waals surface area contributed by atoms with E-state index in [0.717, 1.165) is 56.8 Å². The lowest BCUT2D eigenvalue weighted by molar-refractivity contribution is -0.151. The molecule has 138 valence electrons. The predicted octanol–water partition coefficient (Wildman–Crippen LogP) is 5.63. The minimum atomic E-state index is -0.0188. The highest BCUT2D eigenvalue weighted by Crippen LogP contribution is 2.36. The molecule has 2 fully saturated rings. The lowest BCUT2D eigenvalue weighted by Gasteiger charge is -2.31. The van der Waals surface area contributed by atoms with Crippen molar-refractivity contribution in [1.82, 2.24) is 0 Å². The van der Waals surface area contributed by atoms with Crippen LogP contribution in [0.4, 0.5) is 0 Å². The molecule has 25 heavy (non-hydrogen) atoms. The summed E-state index contributed by atoms with van der Waals surface area (Å²) in [6.07, 6.45) is 10.9. The molecule has 2 atom stereocenters. The Morgan fingerprint density at radius 3 is 2.52 bits per heavy atom. The summed E-state index contributed by atoms with van der Waals surface area (Å²) in [4.78, 5) is 12.1. The summed E-state index contributed by atoms with van der Waals surface area (Å²) in [7, 11) is 0. The fourth-order valence-electron chi connectivity index (χ4n) is 3.68. The Kier molecular flexibility index (Phi) is 6.77. The summed E-state index contributed by atoms with van der Waals surface area (Å²) in [5.41, 5.74) is 1.28. The van der Waals surface area contributed by atoms with Crippen LogP contribution in [0.2, 0.25) is 0 Å². The standard InChI is InChI=1S/C22H32O3/c1-2-3-4-9-22(23)25-21-8-6-5-7-20(21)18-12-14-19(15-13-18)24-16-17-10-11-17/h12-15,17,20-21H,2-11,16H2,1H3. The third-order valence-corrected chi connectivity index (χ3v) is 5.46. The molecule has 1 aromatic carbocycles. The summed E-state index contributed by atoms with van der Waals surface area (Å²) in [6.45, 7) is 3.00. The molecule has 0 saturated heterocycles. The molecule has 0 bridgehead atoms.